The number of nitrogens with zero attached hydrogens (tertiary/aromatic N) is 2. The number of hydrogen-bond donors (Lipinski definition) is 1. The van der Waals surface area contributed by atoms with Crippen LogP contribution in [-0.4, -0.2) is 43.0 Å². The minimum Gasteiger partial charge on any atom is -0.340 e. The predicted molar refractivity (Wildman–Crippen MR) is 70.7 cm³/mol. The van der Waals surface area contributed by atoms with E-state index in [4.69, 9.17) is 10.7 Å². The summed E-state index contributed by atoms with van der Waals surface area (Å²) in [7, 11) is 3.05. The normalized spacial score (nSPS) is 15.5. The second-order valence-corrected chi connectivity index (χ2v) is 7.30. The molecule has 1 heterocycles. The highest BCUT2D eigenvalue weighted by Crippen LogP contribution is 2.30. The van der Waals surface area contributed by atoms with E-state index in [1.165, 1.54) is 4.90 Å². The second-order valence-electron chi connectivity index (χ2n) is 4.80. The minimum atomic E-state index is -3.99. The van der Waals surface area contributed by atoms with Crippen LogP contribution >= 0.6 is 10.7 Å². The topological polar surface area (TPSA) is 83.1 Å². The number of halogens is 1. The van der Waals surface area contributed by atoms with Gasteiger partial charge in [0, 0.05) is 24.3 Å². The molecule has 1 aliphatic carbocycles. The second kappa shape index (κ2) is 5.13. The van der Waals surface area contributed by atoms with Crippen molar-refractivity contribution in [3.8, 4) is 0 Å². The molecule has 0 bridgehead atoms. The van der Waals surface area contributed by atoms with Gasteiger partial charge in [-0.2, -0.15) is 5.10 Å². The van der Waals surface area contributed by atoms with Crippen LogP contribution in [0.15, 0.2) is 4.90 Å². The average Bonchev–Trinajstić information content (AvgIpc) is 3.02. The van der Waals surface area contributed by atoms with Gasteiger partial charge in [-0.15, -0.1) is 0 Å². The molecule has 0 unspecified atom stereocenters. The molecular formula is C11H16ClN3O3S. The molecule has 8 heteroatoms. The van der Waals surface area contributed by atoms with Crippen molar-refractivity contribution < 1.29 is 13.2 Å². The van der Waals surface area contributed by atoms with E-state index in [1.54, 1.807) is 14.0 Å². The number of carbonyl (C=O) groups excluding carboxylic acids is 1. The SMILES string of the molecule is CCc1[nH]nc(C(=O)N(C)CC2CC2)c1S(=O)(=O)Cl. The quantitative estimate of drug-likeness (QED) is 0.833. The molecule has 0 aliphatic heterocycles. The van der Waals surface area contributed by atoms with Gasteiger partial charge in [0.05, 0.1) is 5.69 Å². The summed E-state index contributed by atoms with van der Waals surface area (Å²) < 4.78 is 23.2. The van der Waals surface area contributed by atoms with Crippen molar-refractivity contribution in [3.63, 3.8) is 0 Å². The van der Waals surface area contributed by atoms with Crippen LogP contribution in [0.4, 0.5) is 0 Å². The lowest BCUT2D eigenvalue weighted by Gasteiger charge is -2.15. The highest BCUT2D eigenvalue weighted by molar-refractivity contribution is 8.13. The van der Waals surface area contributed by atoms with Crippen molar-refractivity contribution in [2.75, 3.05) is 13.6 Å². The Hall–Kier alpha value is -1.08. The Bertz CT molecular complexity index is 592. The Morgan fingerprint density at radius 2 is 2.16 bits per heavy atom. The standard InChI is InChI=1S/C11H16ClN3O3S/c1-3-8-10(19(12,17)18)9(14-13-8)11(16)15(2)6-7-4-5-7/h7H,3-6H2,1-2H3,(H,13,14). The molecule has 0 radical (unpaired) electrons. The molecule has 1 aliphatic rings. The summed E-state index contributed by atoms with van der Waals surface area (Å²) in [5, 5.41) is 6.40. The number of aryl methyl sites for hydroxylation is 1. The molecule has 0 spiro atoms. The Morgan fingerprint density at radius 1 is 1.53 bits per heavy atom. The number of amides is 1. The monoisotopic (exact) mass is 305 g/mol. The van der Waals surface area contributed by atoms with Crippen LogP contribution in [0.1, 0.15) is 35.9 Å². The van der Waals surface area contributed by atoms with Gasteiger partial charge in [0.15, 0.2) is 5.69 Å². The van der Waals surface area contributed by atoms with Gasteiger partial charge in [0.25, 0.3) is 15.0 Å². The van der Waals surface area contributed by atoms with Crippen molar-refractivity contribution in [1.82, 2.24) is 15.1 Å². The van der Waals surface area contributed by atoms with E-state index in [0.717, 1.165) is 12.8 Å². The summed E-state index contributed by atoms with van der Waals surface area (Å²) in [6, 6.07) is 0. The van der Waals surface area contributed by atoms with E-state index < -0.39 is 15.0 Å². The number of hydrogen-bond acceptors (Lipinski definition) is 4. The smallest absolute Gasteiger partial charge is 0.275 e. The van der Waals surface area contributed by atoms with Crippen molar-refractivity contribution >= 4 is 25.6 Å². The van der Waals surface area contributed by atoms with Crippen molar-refractivity contribution in [2.24, 2.45) is 5.92 Å². The molecule has 1 aromatic rings. The molecule has 2 rings (SSSR count). The van der Waals surface area contributed by atoms with Crippen LogP contribution in [0.2, 0.25) is 0 Å². The number of H-pyrrole nitrogens is 1. The van der Waals surface area contributed by atoms with Crippen LogP contribution in [-0.2, 0) is 15.5 Å². The average molecular weight is 306 g/mol. The van der Waals surface area contributed by atoms with Gasteiger partial charge in [0.1, 0.15) is 4.90 Å². The maximum atomic E-state index is 12.2. The highest BCUT2D eigenvalue weighted by atomic mass is 35.7. The Labute approximate surface area is 116 Å². The predicted octanol–water partition coefficient (Wildman–Crippen LogP) is 1.38. The molecule has 6 nitrogen and oxygen atoms in total. The van der Waals surface area contributed by atoms with Gasteiger partial charge in [-0.1, -0.05) is 6.92 Å². The molecule has 1 amide bonds. The van der Waals surface area contributed by atoms with Gasteiger partial charge < -0.3 is 4.90 Å². The lowest BCUT2D eigenvalue weighted by molar-refractivity contribution is 0.0779. The first kappa shape index (κ1) is 14.3. The lowest BCUT2D eigenvalue weighted by Crippen LogP contribution is -2.30. The maximum absolute atomic E-state index is 12.2. The number of rotatable bonds is 5. The third-order valence-corrected chi connectivity index (χ3v) is 4.56. The summed E-state index contributed by atoms with van der Waals surface area (Å²) in [4.78, 5) is 13.5. The molecular weight excluding hydrogens is 290 g/mol. The fourth-order valence-electron chi connectivity index (χ4n) is 1.97. The fraction of sp³-hybridized carbons (Fsp3) is 0.636. The summed E-state index contributed by atoms with van der Waals surface area (Å²) in [6.45, 7) is 2.39. The van der Waals surface area contributed by atoms with Crippen LogP contribution in [0.3, 0.4) is 0 Å². The Morgan fingerprint density at radius 3 is 2.63 bits per heavy atom. The summed E-state index contributed by atoms with van der Waals surface area (Å²) in [5.41, 5.74) is 0.244. The molecule has 0 saturated heterocycles. The number of aromatic nitrogens is 2. The maximum Gasteiger partial charge on any atom is 0.275 e. The first-order valence-electron chi connectivity index (χ1n) is 6.12. The molecule has 1 fully saturated rings. The van der Waals surface area contributed by atoms with Gasteiger partial charge in [-0.05, 0) is 25.2 Å². The molecule has 1 saturated carbocycles. The van der Waals surface area contributed by atoms with E-state index in [0.29, 0.717) is 24.6 Å². The zero-order chi connectivity index (χ0) is 14.2. The van der Waals surface area contributed by atoms with Gasteiger partial charge >= 0.3 is 0 Å². The lowest BCUT2D eigenvalue weighted by atomic mass is 10.2. The largest absolute Gasteiger partial charge is 0.340 e. The summed E-state index contributed by atoms with van der Waals surface area (Å²) in [6.07, 6.45) is 2.63. The molecule has 0 atom stereocenters. The molecule has 1 N–H and O–H groups in total. The zero-order valence-electron chi connectivity index (χ0n) is 10.8. The first-order chi connectivity index (χ1) is 8.84. The van der Waals surface area contributed by atoms with Crippen molar-refractivity contribution in [3.05, 3.63) is 11.4 Å². The van der Waals surface area contributed by atoms with E-state index >= 15 is 0 Å². The van der Waals surface area contributed by atoms with Crippen LogP contribution in [0, 0.1) is 5.92 Å². The van der Waals surface area contributed by atoms with Crippen molar-refractivity contribution in [2.45, 2.75) is 31.1 Å². The number of aromatic amines is 1. The van der Waals surface area contributed by atoms with Crippen LogP contribution in [0.5, 0.6) is 0 Å². The molecule has 19 heavy (non-hydrogen) atoms. The van der Waals surface area contributed by atoms with E-state index in [-0.39, 0.29) is 10.6 Å². The van der Waals surface area contributed by atoms with Gasteiger partial charge in [-0.25, -0.2) is 8.42 Å². The minimum absolute atomic E-state index is 0.116. The van der Waals surface area contributed by atoms with Crippen LogP contribution in [0.25, 0.3) is 0 Å². The van der Waals surface area contributed by atoms with Gasteiger partial charge in [-0.3, -0.25) is 9.89 Å². The van der Waals surface area contributed by atoms with E-state index in [2.05, 4.69) is 10.2 Å². The molecule has 0 aromatic carbocycles. The van der Waals surface area contributed by atoms with Crippen molar-refractivity contribution in [1.29, 1.82) is 0 Å². The summed E-state index contributed by atoms with van der Waals surface area (Å²) >= 11 is 0. The third kappa shape index (κ3) is 3.09. The summed E-state index contributed by atoms with van der Waals surface area (Å²) in [5.74, 6) is 0.108. The van der Waals surface area contributed by atoms with E-state index in [9.17, 15) is 13.2 Å². The van der Waals surface area contributed by atoms with E-state index in [1.807, 2.05) is 0 Å². The molecule has 1 aromatic heterocycles. The Kier molecular flexibility index (Phi) is 3.87. The Balaban J connectivity index is 2.33. The first-order valence-corrected chi connectivity index (χ1v) is 8.42. The number of carbonyl (C=O) groups is 1. The van der Waals surface area contributed by atoms with Gasteiger partial charge in [0.2, 0.25) is 0 Å². The van der Waals surface area contributed by atoms with Crippen LogP contribution < -0.4 is 0 Å². The zero-order valence-corrected chi connectivity index (χ0v) is 12.4. The molecule has 106 valence electrons. The highest BCUT2D eigenvalue weighted by Gasteiger charge is 2.31. The number of nitrogens with one attached hydrogen (secondary N) is 1. The third-order valence-electron chi connectivity index (χ3n) is 3.17. The fourth-order valence-corrected chi connectivity index (χ4v) is 3.31.